The third-order valence-electron chi connectivity index (χ3n) is 4.05. The molecule has 2 heterocycles. The summed E-state index contributed by atoms with van der Waals surface area (Å²) in [5, 5.41) is 0. The predicted molar refractivity (Wildman–Crippen MR) is 86.7 cm³/mol. The molecular weight excluding hydrogens is 351 g/mol. The largest absolute Gasteiger partial charge is 0.417 e. The monoisotopic (exact) mass is 362 g/mol. The molecule has 128 valence electrons. The van der Waals surface area contributed by atoms with E-state index in [1.807, 2.05) is 0 Å². The molecule has 0 bridgehead atoms. The van der Waals surface area contributed by atoms with Crippen LogP contribution in [0, 0.1) is 5.82 Å². The molecular formula is C16H11FN2O5S. The number of carbonyl (C=O) groups excluding carboxylic acids is 1. The average Bonchev–Trinajstić information content (AvgIpc) is 2.94. The number of nitrogens with one attached hydrogen (secondary N) is 1. The second kappa shape index (κ2) is 5.28. The van der Waals surface area contributed by atoms with Crippen LogP contribution < -0.4 is 10.1 Å². The van der Waals surface area contributed by atoms with E-state index in [-0.39, 0.29) is 40.5 Å². The van der Waals surface area contributed by atoms with Gasteiger partial charge < -0.3 is 4.42 Å². The van der Waals surface area contributed by atoms with Gasteiger partial charge in [0.1, 0.15) is 5.82 Å². The first kappa shape index (κ1) is 15.6. The van der Waals surface area contributed by atoms with Crippen molar-refractivity contribution in [3.8, 4) is 0 Å². The number of H-pyrrole nitrogens is 1. The number of aromatic nitrogens is 1. The van der Waals surface area contributed by atoms with Gasteiger partial charge in [0.2, 0.25) is 0 Å². The number of aromatic amines is 1. The van der Waals surface area contributed by atoms with Crippen molar-refractivity contribution in [1.82, 2.24) is 4.98 Å². The van der Waals surface area contributed by atoms with Crippen LogP contribution in [0.2, 0.25) is 0 Å². The van der Waals surface area contributed by atoms with E-state index in [2.05, 4.69) is 4.98 Å². The fraction of sp³-hybridized carbons (Fsp3) is 0.125. The molecule has 2 aromatic carbocycles. The van der Waals surface area contributed by atoms with Gasteiger partial charge in [-0.3, -0.25) is 14.1 Å². The van der Waals surface area contributed by atoms with E-state index >= 15 is 0 Å². The van der Waals surface area contributed by atoms with Crippen molar-refractivity contribution in [3.05, 3.63) is 58.3 Å². The van der Waals surface area contributed by atoms with E-state index in [0.717, 1.165) is 16.4 Å². The number of halogens is 1. The summed E-state index contributed by atoms with van der Waals surface area (Å²) in [7, 11) is -4.01. The first-order chi connectivity index (χ1) is 11.9. The van der Waals surface area contributed by atoms with Crippen molar-refractivity contribution >= 4 is 32.6 Å². The van der Waals surface area contributed by atoms with Crippen LogP contribution in [-0.2, 0) is 10.0 Å². The fourth-order valence-electron chi connectivity index (χ4n) is 2.87. The minimum absolute atomic E-state index is 0.0316. The average molecular weight is 362 g/mol. The maximum Gasteiger partial charge on any atom is 0.417 e. The third-order valence-corrected chi connectivity index (χ3v) is 5.86. The fourth-order valence-corrected chi connectivity index (χ4v) is 4.37. The molecule has 0 amide bonds. The summed E-state index contributed by atoms with van der Waals surface area (Å²) in [6.07, 6.45) is -0.0445. The van der Waals surface area contributed by atoms with Gasteiger partial charge in [-0.25, -0.2) is 17.6 Å². The number of hydrogen-bond donors (Lipinski definition) is 1. The molecule has 7 nitrogen and oxygen atoms in total. The second-order valence-electron chi connectivity index (χ2n) is 5.58. The van der Waals surface area contributed by atoms with Crippen molar-refractivity contribution in [3.63, 3.8) is 0 Å². The van der Waals surface area contributed by atoms with Crippen molar-refractivity contribution in [2.24, 2.45) is 0 Å². The van der Waals surface area contributed by atoms with E-state index in [9.17, 15) is 22.4 Å². The van der Waals surface area contributed by atoms with Crippen LogP contribution in [0.4, 0.5) is 10.1 Å². The molecule has 0 spiro atoms. The highest BCUT2D eigenvalue weighted by Crippen LogP contribution is 2.33. The van der Waals surface area contributed by atoms with Gasteiger partial charge in [-0.15, -0.1) is 0 Å². The van der Waals surface area contributed by atoms with Crippen molar-refractivity contribution in [2.45, 2.75) is 11.3 Å². The van der Waals surface area contributed by atoms with E-state index in [1.165, 1.54) is 24.3 Å². The van der Waals surface area contributed by atoms with E-state index in [1.54, 1.807) is 0 Å². The number of oxazole rings is 1. The first-order valence-corrected chi connectivity index (χ1v) is 8.79. The molecule has 1 aliphatic rings. The normalized spacial score (nSPS) is 14.8. The lowest BCUT2D eigenvalue weighted by Gasteiger charge is -2.29. The van der Waals surface area contributed by atoms with Crippen LogP contribution in [0.1, 0.15) is 16.8 Å². The molecule has 1 aromatic heterocycles. The summed E-state index contributed by atoms with van der Waals surface area (Å²) in [5.74, 6) is -1.61. The molecule has 3 aromatic rings. The summed E-state index contributed by atoms with van der Waals surface area (Å²) in [5.41, 5.74) is 0.649. The van der Waals surface area contributed by atoms with Gasteiger partial charge in [0.15, 0.2) is 11.4 Å². The van der Waals surface area contributed by atoms with Gasteiger partial charge in [-0.2, -0.15) is 0 Å². The highest BCUT2D eigenvalue weighted by Gasteiger charge is 2.33. The first-order valence-electron chi connectivity index (χ1n) is 7.34. The molecule has 0 atom stereocenters. The van der Waals surface area contributed by atoms with Crippen LogP contribution in [0.15, 0.2) is 50.5 Å². The third kappa shape index (κ3) is 2.43. The summed E-state index contributed by atoms with van der Waals surface area (Å²) < 4.78 is 45.4. The van der Waals surface area contributed by atoms with Crippen LogP contribution >= 0.6 is 0 Å². The Morgan fingerprint density at radius 2 is 1.92 bits per heavy atom. The standard InChI is InChI=1S/C16H11FN2O5S/c17-9-1-4-13-11(7-9)14(20)5-6-19(13)25(22,23)10-2-3-12-15(8-10)24-16(21)18-12/h1-4,7-8H,5-6H2,(H,18,21). The highest BCUT2D eigenvalue weighted by molar-refractivity contribution is 7.92. The second-order valence-corrected chi connectivity index (χ2v) is 7.45. The number of rotatable bonds is 2. The molecule has 0 aliphatic carbocycles. The number of ketones is 1. The minimum Gasteiger partial charge on any atom is -0.408 e. The SMILES string of the molecule is O=C1CCN(S(=O)(=O)c2ccc3[nH]c(=O)oc3c2)c2ccc(F)cc21. The zero-order chi connectivity index (χ0) is 17.8. The Morgan fingerprint density at radius 3 is 2.72 bits per heavy atom. The van der Waals surface area contributed by atoms with Crippen LogP contribution in [0.25, 0.3) is 11.1 Å². The number of anilines is 1. The summed E-state index contributed by atoms with van der Waals surface area (Å²) in [6, 6.07) is 7.41. The quantitative estimate of drug-likeness (QED) is 0.752. The molecule has 1 N–H and O–H groups in total. The summed E-state index contributed by atoms with van der Waals surface area (Å²) in [6.45, 7) is -0.0467. The van der Waals surface area contributed by atoms with Crippen LogP contribution in [0.3, 0.4) is 0 Å². The maximum absolute atomic E-state index is 13.4. The molecule has 0 saturated carbocycles. The van der Waals surface area contributed by atoms with Crippen molar-refractivity contribution in [1.29, 1.82) is 0 Å². The number of carbonyl (C=O) groups is 1. The van der Waals surface area contributed by atoms with Crippen molar-refractivity contribution < 1.29 is 22.0 Å². The number of hydrogen-bond acceptors (Lipinski definition) is 5. The minimum atomic E-state index is -4.01. The Bertz CT molecular complexity index is 1180. The molecule has 1 aliphatic heterocycles. The van der Waals surface area contributed by atoms with E-state index in [0.29, 0.717) is 5.52 Å². The van der Waals surface area contributed by atoms with Crippen molar-refractivity contribution in [2.75, 3.05) is 10.8 Å². The molecule has 0 fully saturated rings. The number of nitrogens with zero attached hydrogens (tertiary/aromatic N) is 1. The Labute approximate surface area is 140 Å². The summed E-state index contributed by atoms with van der Waals surface area (Å²) >= 11 is 0. The molecule has 0 radical (unpaired) electrons. The Kier molecular flexibility index (Phi) is 3.29. The Hall–Kier alpha value is -2.94. The van der Waals surface area contributed by atoms with Gasteiger partial charge in [-0.1, -0.05) is 0 Å². The molecule has 0 saturated heterocycles. The number of Topliss-reactive ketones (excluding diaryl/α,β-unsaturated/α-hetero) is 1. The number of sulfonamides is 1. The Balaban J connectivity index is 1.86. The zero-order valence-corrected chi connectivity index (χ0v) is 13.5. The number of benzene rings is 2. The van der Waals surface area contributed by atoms with Gasteiger partial charge in [0.05, 0.1) is 16.1 Å². The molecule has 4 rings (SSSR count). The summed E-state index contributed by atoms with van der Waals surface area (Å²) in [4.78, 5) is 25.5. The van der Waals surface area contributed by atoms with E-state index < -0.39 is 21.6 Å². The van der Waals surface area contributed by atoms with E-state index in [4.69, 9.17) is 4.42 Å². The van der Waals surface area contributed by atoms with Gasteiger partial charge >= 0.3 is 5.76 Å². The predicted octanol–water partition coefficient (Wildman–Crippen LogP) is 2.04. The van der Waals surface area contributed by atoms with Gasteiger partial charge in [0.25, 0.3) is 10.0 Å². The smallest absolute Gasteiger partial charge is 0.408 e. The molecule has 9 heteroatoms. The number of fused-ring (bicyclic) bond motifs is 2. The highest BCUT2D eigenvalue weighted by atomic mass is 32.2. The van der Waals surface area contributed by atoms with Crippen LogP contribution in [-0.4, -0.2) is 25.7 Å². The lowest BCUT2D eigenvalue weighted by atomic mass is 10.0. The lowest BCUT2D eigenvalue weighted by molar-refractivity contribution is 0.0981. The maximum atomic E-state index is 13.4. The van der Waals surface area contributed by atoms with Gasteiger partial charge in [0, 0.05) is 24.6 Å². The lowest BCUT2D eigenvalue weighted by Crippen LogP contribution is -2.37. The topological polar surface area (TPSA) is 100 Å². The van der Waals surface area contributed by atoms with Crippen LogP contribution in [0.5, 0.6) is 0 Å². The van der Waals surface area contributed by atoms with Gasteiger partial charge in [-0.05, 0) is 30.3 Å². The molecule has 0 unspecified atom stereocenters. The Morgan fingerprint density at radius 1 is 1.12 bits per heavy atom. The molecule has 25 heavy (non-hydrogen) atoms. The zero-order valence-electron chi connectivity index (χ0n) is 12.7.